The highest BCUT2D eigenvalue weighted by molar-refractivity contribution is 7.22. The van der Waals surface area contributed by atoms with Crippen LogP contribution in [0.1, 0.15) is 5.56 Å². The fraction of sp³-hybridized carbons (Fsp3) is 0.391. The number of methoxy groups -OCH3 is 2. The Morgan fingerprint density at radius 2 is 1.88 bits per heavy atom. The summed E-state index contributed by atoms with van der Waals surface area (Å²) in [5.41, 5.74) is 1.49. The monoisotopic (exact) mass is 475 g/mol. The second-order valence-electron chi connectivity index (χ2n) is 7.41. The number of benzene rings is 2. The number of aromatic nitrogens is 1. The molecule has 4 rings (SSSR count). The molecule has 3 aromatic rings. The molecule has 0 spiro atoms. The maximum Gasteiger partial charge on any atom is 0.233 e. The molecular weight excluding hydrogens is 450 g/mol. The quantitative estimate of drug-likeness (QED) is 0.492. The van der Waals surface area contributed by atoms with Crippen LogP contribution in [0.25, 0.3) is 10.2 Å². The third-order valence-electron chi connectivity index (χ3n) is 5.47. The van der Waals surface area contributed by atoms with Crippen molar-refractivity contribution >= 4 is 44.2 Å². The van der Waals surface area contributed by atoms with Crippen molar-refractivity contribution in [1.82, 2.24) is 9.88 Å². The number of thiazole rings is 1. The molecule has 2 heterocycles. The Morgan fingerprint density at radius 1 is 1.16 bits per heavy atom. The Balaban J connectivity index is 1.66. The summed E-state index contributed by atoms with van der Waals surface area (Å²) >= 11 is 7.75. The van der Waals surface area contributed by atoms with Gasteiger partial charge in [0, 0.05) is 31.2 Å². The molecule has 1 aromatic heterocycles. The summed E-state index contributed by atoms with van der Waals surface area (Å²) < 4.78 is 17.3. The average Bonchev–Trinajstić information content (AvgIpc) is 3.26. The van der Waals surface area contributed by atoms with Gasteiger partial charge in [0.2, 0.25) is 5.91 Å². The lowest BCUT2D eigenvalue weighted by atomic mass is 10.1. The minimum atomic E-state index is -0.0525. The van der Waals surface area contributed by atoms with Crippen LogP contribution in [0.3, 0.4) is 0 Å². The van der Waals surface area contributed by atoms with Crippen LogP contribution in [0.15, 0.2) is 36.4 Å². The van der Waals surface area contributed by atoms with Gasteiger partial charge in [-0.3, -0.25) is 14.6 Å². The normalized spacial score (nSPS) is 14.5. The van der Waals surface area contributed by atoms with E-state index >= 15 is 0 Å². The number of hydrogen-bond acceptors (Lipinski definition) is 7. The maximum absolute atomic E-state index is 13.5. The zero-order chi connectivity index (χ0) is 22.5. The fourth-order valence-electron chi connectivity index (χ4n) is 3.68. The average molecular weight is 476 g/mol. The van der Waals surface area contributed by atoms with Gasteiger partial charge in [0.15, 0.2) is 5.13 Å². The van der Waals surface area contributed by atoms with Crippen LogP contribution in [0.5, 0.6) is 11.5 Å². The maximum atomic E-state index is 13.5. The Morgan fingerprint density at radius 3 is 2.59 bits per heavy atom. The number of nitrogens with zero attached hydrogens (tertiary/aromatic N) is 3. The lowest BCUT2D eigenvalue weighted by Crippen LogP contribution is -2.43. The number of halogens is 1. The summed E-state index contributed by atoms with van der Waals surface area (Å²) in [4.78, 5) is 22.3. The molecule has 170 valence electrons. The highest BCUT2D eigenvalue weighted by Crippen LogP contribution is 2.40. The minimum Gasteiger partial charge on any atom is -0.495 e. The molecule has 0 atom stereocenters. The van der Waals surface area contributed by atoms with Crippen LogP contribution < -0.4 is 14.4 Å². The first-order valence-corrected chi connectivity index (χ1v) is 11.7. The lowest BCUT2D eigenvalue weighted by molar-refractivity contribution is -0.118. The van der Waals surface area contributed by atoms with Gasteiger partial charge < -0.3 is 14.2 Å². The van der Waals surface area contributed by atoms with Crippen molar-refractivity contribution in [1.29, 1.82) is 0 Å². The summed E-state index contributed by atoms with van der Waals surface area (Å²) in [5, 5.41) is 1.20. The minimum absolute atomic E-state index is 0.0525. The first-order valence-electron chi connectivity index (χ1n) is 10.5. The van der Waals surface area contributed by atoms with Gasteiger partial charge in [0.1, 0.15) is 21.7 Å². The van der Waals surface area contributed by atoms with Crippen molar-refractivity contribution in [3.05, 3.63) is 47.0 Å². The Kier molecular flexibility index (Phi) is 7.47. The smallest absolute Gasteiger partial charge is 0.233 e. The molecule has 32 heavy (non-hydrogen) atoms. The zero-order valence-corrected chi connectivity index (χ0v) is 19.7. The van der Waals surface area contributed by atoms with E-state index in [2.05, 4.69) is 4.90 Å². The van der Waals surface area contributed by atoms with Gasteiger partial charge in [-0.25, -0.2) is 4.98 Å². The van der Waals surface area contributed by atoms with Gasteiger partial charge in [0.05, 0.1) is 33.9 Å². The number of rotatable bonds is 8. The van der Waals surface area contributed by atoms with Gasteiger partial charge in [0.25, 0.3) is 0 Å². The van der Waals surface area contributed by atoms with E-state index in [4.69, 9.17) is 30.8 Å². The van der Waals surface area contributed by atoms with Crippen LogP contribution in [0.4, 0.5) is 5.13 Å². The molecule has 1 saturated heterocycles. The van der Waals surface area contributed by atoms with E-state index in [-0.39, 0.29) is 12.3 Å². The number of anilines is 1. The Bertz CT molecular complexity index is 1040. The molecular formula is C23H26ClN3O4S. The molecule has 1 aliphatic rings. The third-order valence-corrected chi connectivity index (χ3v) is 6.94. The summed E-state index contributed by atoms with van der Waals surface area (Å²) in [6, 6.07) is 11.1. The number of amides is 1. The standard InChI is InChI=1S/C23H26ClN3O4S/c1-29-18-7-8-19(30-2)22-21(18)25-23(32-22)27(10-9-26-11-13-31-14-12-26)20(28)15-16-5-3-4-6-17(16)24/h3-8H,9-15H2,1-2H3. The Hall–Kier alpha value is -2.39. The van der Waals surface area contributed by atoms with Gasteiger partial charge in [-0.1, -0.05) is 41.1 Å². The molecule has 0 unspecified atom stereocenters. The number of morpholine rings is 1. The van der Waals surface area contributed by atoms with Gasteiger partial charge in [-0.15, -0.1) is 0 Å². The summed E-state index contributed by atoms with van der Waals surface area (Å²) in [5.74, 6) is 1.30. The molecule has 0 radical (unpaired) electrons. The molecule has 0 N–H and O–H groups in total. The lowest BCUT2D eigenvalue weighted by Gasteiger charge is -2.29. The predicted octanol–water partition coefficient (Wildman–Crippen LogP) is 3.87. The van der Waals surface area contributed by atoms with E-state index in [0.29, 0.717) is 46.9 Å². The summed E-state index contributed by atoms with van der Waals surface area (Å²) in [7, 11) is 3.23. The highest BCUT2D eigenvalue weighted by atomic mass is 35.5. The van der Waals surface area contributed by atoms with Crippen molar-refractivity contribution < 1.29 is 19.0 Å². The number of carbonyl (C=O) groups is 1. The zero-order valence-electron chi connectivity index (χ0n) is 18.2. The molecule has 7 nitrogen and oxygen atoms in total. The first kappa shape index (κ1) is 22.8. The van der Waals surface area contributed by atoms with Gasteiger partial charge in [-0.05, 0) is 23.8 Å². The van der Waals surface area contributed by atoms with Crippen molar-refractivity contribution in [2.45, 2.75) is 6.42 Å². The van der Waals surface area contributed by atoms with E-state index in [1.54, 1.807) is 25.2 Å². The molecule has 0 bridgehead atoms. The molecule has 1 fully saturated rings. The van der Waals surface area contributed by atoms with E-state index in [9.17, 15) is 4.79 Å². The number of carbonyl (C=O) groups excluding carboxylic acids is 1. The SMILES string of the molecule is COc1ccc(OC)c2sc(N(CCN3CCOCC3)C(=O)Cc3ccccc3Cl)nc12. The largest absolute Gasteiger partial charge is 0.495 e. The highest BCUT2D eigenvalue weighted by Gasteiger charge is 2.24. The van der Waals surface area contributed by atoms with E-state index in [0.717, 1.165) is 29.9 Å². The van der Waals surface area contributed by atoms with Crippen molar-refractivity contribution in [2.75, 3.05) is 58.5 Å². The van der Waals surface area contributed by atoms with Crippen molar-refractivity contribution in [3.8, 4) is 11.5 Å². The first-order chi connectivity index (χ1) is 15.6. The third kappa shape index (κ3) is 4.99. The van der Waals surface area contributed by atoms with Crippen molar-refractivity contribution in [2.24, 2.45) is 0 Å². The Labute approximate surface area is 196 Å². The van der Waals surface area contributed by atoms with Crippen LogP contribution in [-0.2, 0) is 16.0 Å². The number of fused-ring (bicyclic) bond motifs is 1. The second-order valence-corrected chi connectivity index (χ2v) is 8.80. The molecule has 9 heteroatoms. The van der Waals surface area contributed by atoms with E-state index in [1.807, 2.05) is 30.3 Å². The van der Waals surface area contributed by atoms with Crippen LogP contribution in [0.2, 0.25) is 5.02 Å². The number of hydrogen-bond donors (Lipinski definition) is 0. The molecule has 0 saturated carbocycles. The molecule has 2 aromatic carbocycles. The molecule has 0 aliphatic carbocycles. The molecule has 1 amide bonds. The second kappa shape index (κ2) is 10.5. The molecule has 1 aliphatic heterocycles. The summed E-state index contributed by atoms with van der Waals surface area (Å²) in [6.45, 7) is 4.39. The van der Waals surface area contributed by atoms with E-state index < -0.39 is 0 Å². The number of ether oxygens (including phenoxy) is 3. The van der Waals surface area contributed by atoms with Crippen LogP contribution in [-0.4, -0.2) is 69.4 Å². The van der Waals surface area contributed by atoms with E-state index in [1.165, 1.54) is 11.3 Å². The van der Waals surface area contributed by atoms with Gasteiger partial charge >= 0.3 is 0 Å². The topological polar surface area (TPSA) is 64.1 Å². The van der Waals surface area contributed by atoms with Crippen LogP contribution >= 0.6 is 22.9 Å². The van der Waals surface area contributed by atoms with Crippen LogP contribution in [0, 0.1) is 0 Å². The summed E-state index contributed by atoms with van der Waals surface area (Å²) in [6.07, 6.45) is 0.201. The van der Waals surface area contributed by atoms with Gasteiger partial charge in [-0.2, -0.15) is 0 Å². The predicted molar refractivity (Wildman–Crippen MR) is 127 cm³/mol. The van der Waals surface area contributed by atoms with Crippen molar-refractivity contribution in [3.63, 3.8) is 0 Å². The fourth-order valence-corrected chi connectivity index (χ4v) is 5.00.